The summed E-state index contributed by atoms with van der Waals surface area (Å²) < 4.78 is 11.5. The van der Waals surface area contributed by atoms with Gasteiger partial charge in [-0.25, -0.2) is 0 Å². The number of rotatable bonds is 26. The summed E-state index contributed by atoms with van der Waals surface area (Å²) in [6, 6.07) is 0. The number of aliphatic hydroxyl groups excluding tert-OH is 2. The number of hydrogen-bond acceptors (Lipinski definition) is 4. The van der Waals surface area contributed by atoms with Gasteiger partial charge in [0.15, 0.2) is 6.29 Å². The molecule has 2 N–H and O–H groups in total. The number of hydrogen-bond donors (Lipinski definition) is 2. The van der Waals surface area contributed by atoms with E-state index in [1.807, 2.05) is 0 Å². The Morgan fingerprint density at radius 3 is 1.06 bits per heavy atom. The molecule has 0 bridgehead atoms. The monoisotopic (exact) mass is 444 g/mol. The number of unbranched alkanes of at least 4 members (excludes halogenated alkanes) is 18. The highest BCUT2D eigenvalue weighted by atomic mass is 16.7. The average molecular weight is 445 g/mol. The zero-order valence-corrected chi connectivity index (χ0v) is 21.1. The van der Waals surface area contributed by atoms with E-state index in [1.54, 1.807) is 0 Å². The third-order valence-corrected chi connectivity index (χ3v) is 6.06. The maximum Gasteiger partial charge on any atom is 0.185 e. The molecule has 0 fully saturated rings. The molecule has 1 unspecified atom stereocenters. The number of aliphatic hydroxyl groups is 2. The molecule has 4 heteroatoms. The average Bonchev–Trinajstić information content (AvgIpc) is 2.79. The van der Waals surface area contributed by atoms with Crippen molar-refractivity contribution in [3.8, 4) is 0 Å². The zero-order valence-electron chi connectivity index (χ0n) is 21.1. The third kappa shape index (κ3) is 22.8. The highest BCUT2D eigenvalue weighted by molar-refractivity contribution is 4.59. The SMILES string of the molecule is CCCCCCCCCCCCOC(OCCCCCCCCCCCC)C(O)CO. The molecule has 0 saturated carbocycles. The van der Waals surface area contributed by atoms with Gasteiger partial charge in [-0.15, -0.1) is 0 Å². The van der Waals surface area contributed by atoms with E-state index in [1.165, 1.54) is 103 Å². The summed E-state index contributed by atoms with van der Waals surface area (Å²) >= 11 is 0. The van der Waals surface area contributed by atoms with Crippen molar-refractivity contribution < 1.29 is 19.7 Å². The predicted octanol–water partition coefficient (Wildman–Crippen LogP) is 7.54. The lowest BCUT2D eigenvalue weighted by Crippen LogP contribution is -2.35. The Morgan fingerprint density at radius 1 is 0.484 bits per heavy atom. The summed E-state index contributed by atoms with van der Waals surface area (Å²) in [4.78, 5) is 0. The van der Waals surface area contributed by atoms with Crippen molar-refractivity contribution in [2.24, 2.45) is 0 Å². The molecule has 1 atom stereocenters. The first-order chi connectivity index (χ1) is 15.3. The molecule has 0 radical (unpaired) electrons. The molecule has 0 aromatic rings. The summed E-state index contributed by atoms with van der Waals surface area (Å²) in [5, 5.41) is 19.2. The van der Waals surface area contributed by atoms with Crippen LogP contribution in [0.1, 0.15) is 142 Å². The van der Waals surface area contributed by atoms with E-state index in [0.717, 1.165) is 25.7 Å². The van der Waals surface area contributed by atoms with Crippen molar-refractivity contribution in [1.82, 2.24) is 0 Å². The first kappa shape index (κ1) is 30.8. The number of ether oxygens (including phenoxy) is 2. The second-order valence-corrected chi connectivity index (χ2v) is 9.22. The van der Waals surface area contributed by atoms with Crippen LogP contribution in [0.4, 0.5) is 0 Å². The van der Waals surface area contributed by atoms with E-state index in [-0.39, 0.29) is 6.61 Å². The quantitative estimate of drug-likeness (QED) is 0.107. The summed E-state index contributed by atoms with van der Waals surface area (Å²) in [5.74, 6) is 0. The fourth-order valence-electron chi connectivity index (χ4n) is 3.93. The van der Waals surface area contributed by atoms with Gasteiger partial charge in [-0.1, -0.05) is 129 Å². The minimum atomic E-state index is -0.953. The fraction of sp³-hybridized carbons (Fsp3) is 1.00. The topological polar surface area (TPSA) is 58.9 Å². The van der Waals surface area contributed by atoms with E-state index >= 15 is 0 Å². The maximum atomic E-state index is 9.94. The van der Waals surface area contributed by atoms with Gasteiger partial charge in [-0.3, -0.25) is 0 Å². The summed E-state index contributed by atoms with van der Waals surface area (Å²) in [6.07, 6.45) is 24.1. The second-order valence-electron chi connectivity index (χ2n) is 9.22. The molecular formula is C27H56O4. The normalized spacial score (nSPS) is 12.7. The Labute approximate surface area is 194 Å². The van der Waals surface area contributed by atoms with Crippen LogP contribution in [0.5, 0.6) is 0 Å². The van der Waals surface area contributed by atoms with Crippen LogP contribution in [0.3, 0.4) is 0 Å². The predicted molar refractivity (Wildman–Crippen MR) is 132 cm³/mol. The van der Waals surface area contributed by atoms with E-state index in [0.29, 0.717) is 13.2 Å². The minimum absolute atomic E-state index is 0.319. The van der Waals surface area contributed by atoms with E-state index in [4.69, 9.17) is 9.47 Å². The van der Waals surface area contributed by atoms with E-state index in [2.05, 4.69) is 13.8 Å². The van der Waals surface area contributed by atoms with E-state index < -0.39 is 12.4 Å². The molecular weight excluding hydrogens is 388 g/mol. The fourth-order valence-corrected chi connectivity index (χ4v) is 3.93. The molecule has 0 aliphatic rings. The lowest BCUT2D eigenvalue weighted by Gasteiger charge is -2.22. The molecule has 4 nitrogen and oxygen atoms in total. The Balaban J connectivity index is 3.55. The molecule has 0 aromatic carbocycles. The van der Waals surface area contributed by atoms with Gasteiger partial charge in [0.25, 0.3) is 0 Å². The van der Waals surface area contributed by atoms with Crippen molar-refractivity contribution in [2.75, 3.05) is 19.8 Å². The summed E-state index contributed by atoms with van der Waals surface area (Å²) in [7, 11) is 0. The van der Waals surface area contributed by atoms with Gasteiger partial charge in [0.2, 0.25) is 0 Å². The van der Waals surface area contributed by atoms with Crippen LogP contribution >= 0.6 is 0 Å². The van der Waals surface area contributed by atoms with Gasteiger partial charge >= 0.3 is 0 Å². The first-order valence-corrected chi connectivity index (χ1v) is 13.8. The third-order valence-electron chi connectivity index (χ3n) is 6.06. The molecule has 0 aliphatic carbocycles. The lowest BCUT2D eigenvalue weighted by atomic mass is 10.1. The van der Waals surface area contributed by atoms with Crippen molar-refractivity contribution in [1.29, 1.82) is 0 Å². The Hall–Kier alpha value is -0.160. The molecule has 0 amide bonds. The van der Waals surface area contributed by atoms with Crippen LogP contribution in [0.25, 0.3) is 0 Å². The molecule has 188 valence electrons. The van der Waals surface area contributed by atoms with Crippen molar-refractivity contribution in [3.05, 3.63) is 0 Å². The molecule has 0 rings (SSSR count). The largest absolute Gasteiger partial charge is 0.393 e. The van der Waals surface area contributed by atoms with Gasteiger partial charge in [0, 0.05) is 13.2 Å². The Bertz CT molecular complexity index is 298. The van der Waals surface area contributed by atoms with Gasteiger partial charge in [-0.05, 0) is 12.8 Å². The first-order valence-electron chi connectivity index (χ1n) is 13.8. The van der Waals surface area contributed by atoms with Crippen molar-refractivity contribution in [2.45, 2.75) is 155 Å². The van der Waals surface area contributed by atoms with Crippen LogP contribution in [0, 0.1) is 0 Å². The standard InChI is InChI=1S/C27H56O4/c1-3-5-7-9-11-13-15-17-19-21-23-30-27(26(29)25-28)31-24-22-20-18-16-14-12-10-8-6-4-2/h26-29H,3-25H2,1-2H3. The van der Waals surface area contributed by atoms with Crippen molar-refractivity contribution >= 4 is 0 Å². The second kappa shape index (κ2) is 26.1. The molecule has 0 heterocycles. The van der Waals surface area contributed by atoms with Crippen LogP contribution in [0.15, 0.2) is 0 Å². The van der Waals surface area contributed by atoms with Crippen LogP contribution in [-0.2, 0) is 9.47 Å². The smallest absolute Gasteiger partial charge is 0.185 e. The molecule has 0 saturated heterocycles. The zero-order chi connectivity index (χ0) is 22.8. The Morgan fingerprint density at radius 2 is 0.774 bits per heavy atom. The maximum absolute atomic E-state index is 9.94. The molecule has 31 heavy (non-hydrogen) atoms. The summed E-state index contributed by atoms with van der Waals surface area (Å²) in [5.41, 5.74) is 0. The van der Waals surface area contributed by atoms with Crippen LogP contribution in [0.2, 0.25) is 0 Å². The van der Waals surface area contributed by atoms with E-state index in [9.17, 15) is 10.2 Å². The Kier molecular flexibility index (Phi) is 26.0. The van der Waals surface area contributed by atoms with Gasteiger partial charge in [0.05, 0.1) is 6.61 Å². The highest BCUT2D eigenvalue weighted by Gasteiger charge is 2.19. The minimum Gasteiger partial charge on any atom is -0.393 e. The highest BCUT2D eigenvalue weighted by Crippen LogP contribution is 2.13. The van der Waals surface area contributed by atoms with Gasteiger partial charge in [0.1, 0.15) is 6.10 Å². The van der Waals surface area contributed by atoms with Crippen molar-refractivity contribution in [3.63, 3.8) is 0 Å². The van der Waals surface area contributed by atoms with Gasteiger partial charge < -0.3 is 19.7 Å². The lowest BCUT2D eigenvalue weighted by molar-refractivity contribution is -0.202. The van der Waals surface area contributed by atoms with Crippen LogP contribution in [-0.4, -0.2) is 42.4 Å². The van der Waals surface area contributed by atoms with Crippen LogP contribution < -0.4 is 0 Å². The molecule has 0 spiro atoms. The van der Waals surface area contributed by atoms with Gasteiger partial charge in [-0.2, -0.15) is 0 Å². The summed E-state index contributed by atoms with van der Waals surface area (Å²) in [6.45, 7) is 5.39. The molecule has 0 aromatic heterocycles. The molecule has 0 aliphatic heterocycles.